The summed E-state index contributed by atoms with van der Waals surface area (Å²) in [5.74, 6) is 3.22. The van der Waals surface area contributed by atoms with Crippen LogP contribution in [-0.2, 0) is 0 Å². The van der Waals surface area contributed by atoms with Crippen LogP contribution in [0.2, 0.25) is 5.02 Å². The molecule has 1 aromatic rings. The van der Waals surface area contributed by atoms with Crippen LogP contribution in [0.15, 0.2) is 11.2 Å². The zero-order valence-corrected chi connectivity index (χ0v) is 14.0. The molecular weight excluding hydrogens is 294 g/mol. The van der Waals surface area contributed by atoms with Crippen LogP contribution in [0.1, 0.15) is 55.2 Å². The molecule has 1 spiro atoms. The summed E-state index contributed by atoms with van der Waals surface area (Å²) in [5, 5.41) is 0.870. The van der Waals surface area contributed by atoms with Crippen molar-refractivity contribution in [3.8, 4) is 0 Å². The van der Waals surface area contributed by atoms with Crippen molar-refractivity contribution in [2.24, 2.45) is 22.2 Å². The third kappa shape index (κ3) is 1.53. The van der Waals surface area contributed by atoms with Gasteiger partial charge in [-0.3, -0.25) is 4.98 Å². The van der Waals surface area contributed by atoms with E-state index in [-0.39, 0.29) is 0 Å². The van der Waals surface area contributed by atoms with Gasteiger partial charge in [-0.15, -0.1) is 0 Å². The number of hydrogen-bond acceptors (Lipinski definition) is 2. The van der Waals surface area contributed by atoms with Crippen LogP contribution in [-0.4, -0.2) is 30.3 Å². The summed E-state index contributed by atoms with van der Waals surface area (Å²) in [6.07, 6.45) is 10.6. The van der Waals surface area contributed by atoms with Crippen molar-refractivity contribution in [1.29, 1.82) is 0 Å². The Hall–Kier alpha value is -1.09. The van der Waals surface area contributed by atoms with Crippen LogP contribution < -0.4 is 0 Å². The first kappa shape index (κ1) is 13.4. The fourth-order valence-electron chi connectivity index (χ4n) is 6.09. The minimum atomic E-state index is 0.629. The normalized spacial score (nSPS) is 40.5. The molecular formula is C18H22ClN3. The van der Waals surface area contributed by atoms with E-state index in [1.807, 2.05) is 31.5 Å². The topological polar surface area (TPSA) is 28.5 Å². The third-order valence-corrected chi connectivity index (χ3v) is 7.27. The van der Waals surface area contributed by atoms with Crippen LogP contribution in [0.3, 0.4) is 0 Å². The van der Waals surface area contributed by atoms with Crippen molar-refractivity contribution in [2.45, 2.75) is 43.9 Å². The summed E-state index contributed by atoms with van der Waals surface area (Å²) in [6, 6.07) is 0. The summed E-state index contributed by atoms with van der Waals surface area (Å²) in [6.45, 7) is 0. The predicted molar refractivity (Wildman–Crippen MR) is 89.1 cm³/mol. The van der Waals surface area contributed by atoms with Gasteiger partial charge in [-0.05, 0) is 60.8 Å². The molecule has 3 bridgehead atoms. The molecule has 5 atom stereocenters. The Balaban J connectivity index is 1.64. The maximum absolute atomic E-state index is 6.80. The molecule has 0 aliphatic heterocycles. The quantitative estimate of drug-likeness (QED) is 0.599. The second-order valence-corrected chi connectivity index (χ2v) is 8.48. The molecule has 5 rings (SSSR count). The monoisotopic (exact) mass is 315 g/mol. The minimum absolute atomic E-state index is 0.629. The molecule has 5 unspecified atom stereocenters. The molecule has 4 aliphatic carbocycles. The van der Waals surface area contributed by atoms with Gasteiger partial charge in [-0.25, -0.2) is 4.99 Å². The van der Waals surface area contributed by atoms with Crippen molar-refractivity contribution in [3.05, 3.63) is 22.5 Å². The first-order chi connectivity index (χ1) is 10.6. The van der Waals surface area contributed by atoms with Crippen molar-refractivity contribution >= 4 is 23.6 Å². The van der Waals surface area contributed by atoms with Crippen LogP contribution in [0.25, 0.3) is 0 Å². The lowest BCUT2D eigenvalue weighted by Crippen LogP contribution is -2.41. The molecule has 3 saturated carbocycles. The molecule has 4 aliphatic rings. The van der Waals surface area contributed by atoms with Gasteiger partial charge in [0.1, 0.15) is 5.69 Å². The zero-order valence-electron chi connectivity index (χ0n) is 13.2. The van der Waals surface area contributed by atoms with Crippen molar-refractivity contribution in [1.82, 2.24) is 9.88 Å². The Bertz CT molecular complexity index is 683. The van der Waals surface area contributed by atoms with Gasteiger partial charge in [0.05, 0.1) is 17.6 Å². The first-order valence-electron chi connectivity index (χ1n) is 8.47. The molecule has 1 heterocycles. The molecule has 4 heteroatoms. The summed E-state index contributed by atoms with van der Waals surface area (Å²) >= 11 is 6.80. The van der Waals surface area contributed by atoms with E-state index >= 15 is 0 Å². The SMILES string of the molecule is CN(C)C=Nc1cnc2c(c1Cl)C1CC3CC4CC2CC43C1. The van der Waals surface area contributed by atoms with E-state index in [0.29, 0.717) is 17.3 Å². The molecule has 116 valence electrons. The van der Waals surface area contributed by atoms with Crippen LogP contribution >= 0.6 is 11.6 Å². The molecule has 22 heavy (non-hydrogen) atoms. The van der Waals surface area contributed by atoms with Gasteiger partial charge in [-0.2, -0.15) is 0 Å². The van der Waals surface area contributed by atoms with E-state index in [1.165, 1.54) is 43.4 Å². The number of hydrogen-bond donors (Lipinski definition) is 0. The standard InChI is InChI=1S/C18H22ClN3/c1-22(2)9-21-14-8-20-17-11-4-13-5-12-3-10(15(17)16(14)19)6-18(12,13)7-11/h8-13H,3-7H2,1-2H3. The van der Waals surface area contributed by atoms with E-state index < -0.39 is 0 Å². The highest BCUT2D eigenvalue weighted by molar-refractivity contribution is 6.34. The van der Waals surface area contributed by atoms with E-state index in [4.69, 9.17) is 16.6 Å². The van der Waals surface area contributed by atoms with E-state index in [9.17, 15) is 0 Å². The summed E-state index contributed by atoms with van der Waals surface area (Å²) in [4.78, 5) is 11.3. The second kappa shape index (κ2) is 4.25. The molecule has 0 saturated heterocycles. The maximum Gasteiger partial charge on any atom is 0.102 e. The van der Waals surface area contributed by atoms with Crippen molar-refractivity contribution in [3.63, 3.8) is 0 Å². The average molecular weight is 316 g/mol. The Morgan fingerprint density at radius 3 is 2.73 bits per heavy atom. The summed E-state index contributed by atoms with van der Waals surface area (Å²) in [7, 11) is 3.95. The number of halogens is 1. The number of aliphatic imine (C=N–C) groups is 1. The van der Waals surface area contributed by atoms with E-state index in [0.717, 1.165) is 22.5 Å². The fourth-order valence-corrected chi connectivity index (χ4v) is 6.43. The molecule has 1 aromatic heterocycles. The van der Waals surface area contributed by atoms with Crippen molar-refractivity contribution in [2.75, 3.05) is 14.1 Å². The molecule has 0 aromatic carbocycles. The van der Waals surface area contributed by atoms with Gasteiger partial charge in [-0.1, -0.05) is 11.6 Å². The van der Waals surface area contributed by atoms with Gasteiger partial charge in [0.2, 0.25) is 0 Å². The van der Waals surface area contributed by atoms with Crippen molar-refractivity contribution < 1.29 is 0 Å². The fraction of sp³-hybridized carbons (Fsp3) is 0.667. The van der Waals surface area contributed by atoms with Gasteiger partial charge in [0.15, 0.2) is 0 Å². The second-order valence-electron chi connectivity index (χ2n) is 8.10. The Labute approximate surface area is 136 Å². The molecule has 0 N–H and O–H groups in total. The smallest absolute Gasteiger partial charge is 0.102 e. The lowest BCUT2D eigenvalue weighted by Gasteiger charge is -2.48. The third-order valence-electron chi connectivity index (χ3n) is 6.87. The number of pyridine rings is 1. The molecule has 3 nitrogen and oxygen atoms in total. The first-order valence-corrected chi connectivity index (χ1v) is 8.85. The average Bonchev–Trinajstić information content (AvgIpc) is 2.88. The molecule has 0 radical (unpaired) electrons. The van der Waals surface area contributed by atoms with E-state index in [2.05, 4.69) is 4.99 Å². The van der Waals surface area contributed by atoms with Gasteiger partial charge >= 0.3 is 0 Å². The Morgan fingerprint density at radius 2 is 1.95 bits per heavy atom. The van der Waals surface area contributed by atoms with E-state index in [1.54, 1.807) is 0 Å². The Morgan fingerprint density at radius 1 is 1.23 bits per heavy atom. The Kier molecular flexibility index (Phi) is 2.58. The number of rotatable bonds is 2. The highest BCUT2D eigenvalue weighted by Crippen LogP contribution is 2.76. The highest BCUT2D eigenvalue weighted by atomic mass is 35.5. The molecule has 0 amide bonds. The summed E-state index contributed by atoms with van der Waals surface area (Å²) < 4.78 is 0. The van der Waals surface area contributed by atoms with Crippen LogP contribution in [0.5, 0.6) is 0 Å². The summed E-state index contributed by atoms with van der Waals surface area (Å²) in [5.41, 5.74) is 4.15. The predicted octanol–water partition coefficient (Wildman–Crippen LogP) is 4.35. The van der Waals surface area contributed by atoms with Gasteiger partial charge in [0.25, 0.3) is 0 Å². The number of fused-ring (bicyclic) bond motifs is 5. The lowest BCUT2D eigenvalue weighted by molar-refractivity contribution is 0.00321. The zero-order chi connectivity index (χ0) is 15.1. The van der Waals surface area contributed by atoms with Crippen LogP contribution in [0.4, 0.5) is 5.69 Å². The van der Waals surface area contributed by atoms with Gasteiger partial charge < -0.3 is 4.90 Å². The minimum Gasteiger partial charge on any atom is -0.369 e. The number of aromatic nitrogens is 1. The maximum atomic E-state index is 6.80. The molecule has 3 fully saturated rings. The number of nitrogens with zero attached hydrogens (tertiary/aromatic N) is 3. The van der Waals surface area contributed by atoms with Gasteiger partial charge in [0, 0.05) is 25.7 Å². The van der Waals surface area contributed by atoms with Crippen LogP contribution in [0, 0.1) is 17.3 Å². The highest BCUT2D eigenvalue weighted by Gasteiger charge is 2.66. The lowest BCUT2D eigenvalue weighted by atomic mass is 9.56. The largest absolute Gasteiger partial charge is 0.369 e.